The van der Waals surface area contributed by atoms with Crippen molar-refractivity contribution in [3.05, 3.63) is 12.7 Å². The highest BCUT2D eigenvalue weighted by Crippen LogP contribution is 1.86. The lowest BCUT2D eigenvalue weighted by atomic mass is 10.3. The van der Waals surface area contributed by atoms with Gasteiger partial charge in [-0.05, 0) is 14.1 Å². The minimum Gasteiger partial charge on any atom is -0.301 e. The van der Waals surface area contributed by atoms with Crippen LogP contribution in [0.15, 0.2) is 12.7 Å². The zero-order valence-corrected chi connectivity index (χ0v) is 5.29. The van der Waals surface area contributed by atoms with Crippen LogP contribution in [0.5, 0.6) is 0 Å². The van der Waals surface area contributed by atoms with E-state index in [1.807, 2.05) is 14.1 Å². The highest BCUT2D eigenvalue weighted by Gasteiger charge is 2.01. The van der Waals surface area contributed by atoms with Crippen molar-refractivity contribution in [3.63, 3.8) is 0 Å². The van der Waals surface area contributed by atoms with Gasteiger partial charge < -0.3 is 4.79 Å². The number of nitrogens with zero attached hydrogens (tertiary/aromatic N) is 1. The van der Waals surface area contributed by atoms with Gasteiger partial charge in [0.1, 0.15) is 6.29 Å². The van der Waals surface area contributed by atoms with Gasteiger partial charge in [0.15, 0.2) is 0 Å². The van der Waals surface area contributed by atoms with Gasteiger partial charge in [0.2, 0.25) is 0 Å². The third-order valence-corrected chi connectivity index (χ3v) is 0.977. The highest BCUT2D eigenvalue weighted by molar-refractivity contribution is 5.60. The van der Waals surface area contributed by atoms with Crippen LogP contribution in [0, 0.1) is 0 Å². The third kappa shape index (κ3) is 1.89. The van der Waals surface area contributed by atoms with E-state index < -0.39 is 0 Å². The number of hydrogen-bond donors (Lipinski definition) is 0. The van der Waals surface area contributed by atoms with Gasteiger partial charge in [-0.2, -0.15) is 0 Å². The van der Waals surface area contributed by atoms with Gasteiger partial charge in [0, 0.05) is 0 Å². The van der Waals surface area contributed by atoms with Crippen LogP contribution in [0.4, 0.5) is 0 Å². The molecular formula is C6H11NO. The van der Waals surface area contributed by atoms with Crippen molar-refractivity contribution in [3.8, 4) is 0 Å². The van der Waals surface area contributed by atoms with E-state index in [2.05, 4.69) is 6.58 Å². The number of rotatable bonds is 3. The molecule has 0 spiro atoms. The first kappa shape index (κ1) is 7.37. The normalized spacial score (nSPS) is 13.4. The first-order valence-corrected chi connectivity index (χ1v) is 2.46. The van der Waals surface area contributed by atoms with Gasteiger partial charge in [-0.1, -0.05) is 6.08 Å². The Labute approximate surface area is 49.8 Å². The van der Waals surface area contributed by atoms with Crippen LogP contribution >= 0.6 is 0 Å². The largest absolute Gasteiger partial charge is 0.301 e. The molecule has 0 aliphatic carbocycles. The topological polar surface area (TPSA) is 20.3 Å². The van der Waals surface area contributed by atoms with E-state index >= 15 is 0 Å². The van der Waals surface area contributed by atoms with Crippen LogP contribution in [0.1, 0.15) is 0 Å². The lowest BCUT2D eigenvalue weighted by Crippen LogP contribution is -2.26. The molecule has 0 aliphatic rings. The maximum atomic E-state index is 10.1. The Morgan fingerprint density at radius 1 is 1.62 bits per heavy atom. The second-order valence-corrected chi connectivity index (χ2v) is 1.83. The molecule has 0 aromatic carbocycles. The molecule has 0 N–H and O–H groups in total. The molecule has 1 unspecified atom stereocenters. The minimum atomic E-state index is -0.130. The van der Waals surface area contributed by atoms with Crippen LogP contribution < -0.4 is 0 Å². The van der Waals surface area contributed by atoms with Crippen molar-refractivity contribution < 1.29 is 4.79 Å². The molecule has 0 bridgehead atoms. The molecule has 2 heteroatoms. The van der Waals surface area contributed by atoms with Crippen molar-refractivity contribution in [2.45, 2.75) is 6.04 Å². The highest BCUT2D eigenvalue weighted by atomic mass is 16.1. The SMILES string of the molecule is C=CC(C=O)N(C)C. The van der Waals surface area contributed by atoms with Crippen LogP contribution in [-0.2, 0) is 4.79 Å². The summed E-state index contributed by atoms with van der Waals surface area (Å²) in [7, 11) is 3.67. The van der Waals surface area contributed by atoms with Crippen molar-refractivity contribution in [1.29, 1.82) is 0 Å². The van der Waals surface area contributed by atoms with Crippen molar-refractivity contribution in [2.24, 2.45) is 0 Å². The molecule has 0 aliphatic heterocycles. The molecule has 0 saturated heterocycles. The molecule has 0 rings (SSSR count). The van der Waals surface area contributed by atoms with Crippen molar-refractivity contribution in [1.82, 2.24) is 4.90 Å². The zero-order chi connectivity index (χ0) is 6.57. The summed E-state index contributed by atoms with van der Waals surface area (Å²) in [5.41, 5.74) is 0. The molecule has 46 valence electrons. The van der Waals surface area contributed by atoms with Crippen LogP contribution in [0.3, 0.4) is 0 Å². The van der Waals surface area contributed by atoms with E-state index in [0.29, 0.717) is 0 Å². The Kier molecular flexibility index (Phi) is 3.12. The summed E-state index contributed by atoms with van der Waals surface area (Å²) in [6, 6.07) is -0.130. The molecule has 8 heavy (non-hydrogen) atoms. The molecule has 0 amide bonds. The van der Waals surface area contributed by atoms with E-state index in [9.17, 15) is 4.79 Å². The van der Waals surface area contributed by atoms with E-state index in [1.165, 1.54) is 0 Å². The Morgan fingerprint density at radius 3 is 2.12 bits per heavy atom. The fourth-order valence-electron chi connectivity index (χ4n) is 0.388. The summed E-state index contributed by atoms with van der Waals surface area (Å²) in [6.07, 6.45) is 2.46. The monoisotopic (exact) mass is 113 g/mol. The second-order valence-electron chi connectivity index (χ2n) is 1.83. The van der Waals surface area contributed by atoms with E-state index in [4.69, 9.17) is 0 Å². The van der Waals surface area contributed by atoms with E-state index in [0.717, 1.165) is 6.29 Å². The Balaban J connectivity index is 3.68. The predicted octanol–water partition coefficient (Wildman–Crippen LogP) is 0.301. The molecule has 0 aromatic heterocycles. The number of carbonyl (C=O) groups is 1. The fraction of sp³-hybridized carbons (Fsp3) is 0.500. The third-order valence-electron chi connectivity index (χ3n) is 0.977. The van der Waals surface area contributed by atoms with Gasteiger partial charge in [0.25, 0.3) is 0 Å². The molecule has 0 saturated carbocycles. The number of aldehydes is 1. The smallest absolute Gasteiger partial charge is 0.141 e. The van der Waals surface area contributed by atoms with Gasteiger partial charge in [-0.15, -0.1) is 6.58 Å². The number of hydrogen-bond acceptors (Lipinski definition) is 2. The second kappa shape index (κ2) is 3.38. The zero-order valence-electron chi connectivity index (χ0n) is 5.29. The average molecular weight is 113 g/mol. The summed E-state index contributed by atoms with van der Waals surface area (Å²) >= 11 is 0. The molecule has 0 radical (unpaired) electrons. The molecule has 0 fully saturated rings. The summed E-state index contributed by atoms with van der Waals surface area (Å²) in [6.45, 7) is 3.48. The van der Waals surface area contributed by atoms with E-state index in [1.54, 1.807) is 11.0 Å². The fourth-order valence-corrected chi connectivity index (χ4v) is 0.388. The number of likely N-dealkylation sites (N-methyl/N-ethyl adjacent to an activating group) is 1. The Hall–Kier alpha value is -0.630. The summed E-state index contributed by atoms with van der Waals surface area (Å²) < 4.78 is 0. The molecule has 0 aromatic rings. The number of carbonyl (C=O) groups excluding carboxylic acids is 1. The lowest BCUT2D eigenvalue weighted by Gasteiger charge is -2.12. The van der Waals surface area contributed by atoms with Gasteiger partial charge in [0.05, 0.1) is 6.04 Å². The first-order chi connectivity index (χ1) is 3.72. The van der Waals surface area contributed by atoms with Crippen LogP contribution in [-0.4, -0.2) is 31.3 Å². The van der Waals surface area contributed by atoms with Gasteiger partial charge in [-0.3, -0.25) is 4.90 Å². The quantitative estimate of drug-likeness (QED) is 0.387. The average Bonchev–Trinajstić information content (AvgIpc) is 1.69. The Morgan fingerprint density at radius 2 is 2.12 bits per heavy atom. The first-order valence-electron chi connectivity index (χ1n) is 2.46. The molecule has 2 nitrogen and oxygen atoms in total. The molecular weight excluding hydrogens is 102 g/mol. The lowest BCUT2D eigenvalue weighted by molar-refractivity contribution is -0.110. The summed E-state index contributed by atoms with van der Waals surface area (Å²) in [5.74, 6) is 0. The maximum Gasteiger partial charge on any atom is 0.141 e. The van der Waals surface area contributed by atoms with Gasteiger partial charge >= 0.3 is 0 Å². The molecule has 0 heterocycles. The van der Waals surface area contributed by atoms with E-state index in [-0.39, 0.29) is 6.04 Å². The standard InChI is InChI=1S/C6H11NO/c1-4-6(5-8)7(2)3/h4-6H,1H2,2-3H3. The summed E-state index contributed by atoms with van der Waals surface area (Å²) in [5, 5.41) is 0. The van der Waals surface area contributed by atoms with Crippen LogP contribution in [0.2, 0.25) is 0 Å². The van der Waals surface area contributed by atoms with Crippen molar-refractivity contribution >= 4 is 6.29 Å². The maximum absolute atomic E-state index is 10.1. The predicted molar refractivity (Wildman–Crippen MR) is 33.7 cm³/mol. The summed E-state index contributed by atoms with van der Waals surface area (Å²) in [4.78, 5) is 11.9. The Bertz CT molecular complexity index is 80.5. The van der Waals surface area contributed by atoms with Gasteiger partial charge in [-0.25, -0.2) is 0 Å². The molecule has 1 atom stereocenters. The minimum absolute atomic E-state index is 0.130. The van der Waals surface area contributed by atoms with Crippen molar-refractivity contribution in [2.75, 3.05) is 14.1 Å². The van der Waals surface area contributed by atoms with Crippen LogP contribution in [0.25, 0.3) is 0 Å².